The van der Waals surface area contributed by atoms with Crippen molar-refractivity contribution >= 4 is 0 Å². The SMILES string of the molecule is Cc1cncc(CNCCCC(C)O)c1. The predicted octanol–water partition coefficient (Wildman–Crippen LogP) is 1.64. The molecule has 0 fully saturated rings. The summed E-state index contributed by atoms with van der Waals surface area (Å²) >= 11 is 0. The van der Waals surface area contributed by atoms with Crippen LogP contribution in [0.1, 0.15) is 30.9 Å². The smallest absolute Gasteiger partial charge is 0.0512 e. The summed E-state index contributed by atoms with van der Waals surface area (Å²) in [6, 6.07) is 2.13. The monoisotopic (exact) mass is 208 g/mol. The van der Waals surface area contributed by atoms with Gasteiger partial charge in [-0.2, -0.15) is 0 Å². The van der Waals surface area contributed by atoms with Gasteiger partial charge in [-0.25, -0.2) is 0 Å². The molecule has 0 radical (unpaired) electrons. The number of aryl methyl sites for hydroxylation is 1. The Morgan fingerprint density at radius 2 is 2.27 bits per heavy atom. The second-order valence-corrected chi connectivity index (χ2v) is 4.04. The second-order valence-electron chi connectivity index (χ2n) is 4.04. The van der Waals surface area contributed by atoms with Crippen LogP contribution in [0.2, 0.25) is 0 Å². The highest BCUT2D eigenvalue weighted by molar-refractivity contribution is 5.16. The van der Waals surface area contributed by atoms with Crippen molar-refractivity contribution in [3.8, 4) is 0 Å². The Kier molecular flexibility index (Phi) is 5.29. The topological polar surface area (TPSA) is 45.2 Å². The van der Waals surface area contributed by atoms with E-state index in [1.807, 2.05) is 26.2 Å². The molecule has 2 N–H and O–H groups in total. The standard InChI is InChI=1S/C12H20N2O/c1-10-6-12(9-14-7-10)8-13-5-3-4-11(2)15/h6-7,9,11,13,15H,3-5,8H2,1-2H3. The first-order valence-corrected chi connectivity index (χ1v) is 5.48. The Balaban J connectivity index is 2.15. The first-order valence-electron chi connectivity index (χ1n) is 5.48. The van der Waals surface area contributed by atoms with Crippen molar-refractivity contribution in [2.24, 2.45) is 0 Å². The van der Waals surface area contributed by atoms with Crippen LogP contribution in [0.25, 0.3) is 0 Å². The molecule has 0 bridgehead atoms. The third-order valence-electron chi connectivity index (χ3n) is 2.24. The van der Waals surface area contributed by atoms with Gasteiger partial charge < -0.3 is 10.4 Å². The molecule has 1 rings (SSSR count). The summed E-state index contributed by atoms with van der Waals surface area (Å²) in [4.78, 5) is 4.13. The number of aliphatic hydroxyl groups is 1. The number of aliphatic hydroxyl groups excluding tert-OH is 1. The molecule has 0 amide bonds. The van der Waals surface area contributed by atoms with Crippen LogP contribution in [0.3, 0.4) is 0 Å². The molecule has 0 aliphatic rings. The second kappa shape index (κ2) is 6.53. The third kappa shape index (κ3) is 5.50. The van der Waals surface area contributed by atoms with Gasteiger partial charge in [0.2, 0.25) is 0 Å². The van der Waals surface area contributed by atoms with E-state index in [0.29, 0.717) is 0 Å². The van der Waals surface area contributed by atoms with Crippen molar-refractivity contribution in [2.45, 2.75) is 39.3 Å². The summed E-state index contributed by atoms with van der Waals surface area (Å²) in [5.41, 5.74) is 2.41. The van der Waals surface area contributed by atoms with Gasteiger partial charge >= 0.3 is 0 Å². The number of nitrogens with one attached hydrogen (secondary N) is 1. The quantitative estimate of drug-likeness (QED) is 0.699. The zero-order chi connectivity index (χ0) is 11.1. The fraction of sp³-hybridized carbons (Fsp3) is 0.583. The lowest BCUT2D eigenvalue weighted by Gasteiger charge is -2.06. The van der Waals surface area contributed by atoms with E-state index < -0.39 is 0 Å². The van der Waals surface area contributed by atoms with Gasteiger partial charge in [0.15, 0.2) is 0 Å². The third-order valence-corrected chi connectivity index (χ3v) is 2.24. The molecule has 3 heteroatoms. The average molecular weight is 208 g/mol. The van der Waals surface area contributed by atoms with Crippen LogP contribution in [-0.2, 0) is 6.54 Å². The van der Waals surface area contributed by atoms with Crippen LogP contribution in [0.4, 0.5) is 0 Å². The van der Waals surface area contributed by atoms with Gasteiger partial charge in [-0.15, -0.1) is 0 Å². The van der Waals surface area contributed by atoms with Crippen molar-refractivity contribution in [3.63, 3.8) is 0 Å². The molecule has 0 saturated heterocycles. The maximum atomic E-state index is 9.07. The van der Waals surface area contributed by atoms with E-state index in [9.17, 15) is 0 Å². The van der Waals surface area contributed by atoms with Crippen molar-refractivity contribution in [1.29, 1.82) is 0 Å². The highest BCUT2D eigenvalue weighted by atomic mass is 16.3. The maximum Gasteiger partial charge on any atom is 0.0512 e. The van der Waals surface area contributed by atoms with Gasteiger partial charge in [-0.3, -0.25) is 4.98 Å². The van der Waals surface area contributed by atoms with Gasteiger partial charge in [-0.05, 0) is 44.4 Å². The Labute approximate surface area is 91.5 Å². The summed E-state index contributed by atoms with van der Waals surface area (Å²) < 4.78 is 0. The van der Waals surface area contributed by atoms with Gasteiger partial charge in [0.25, 0.3) is 0 Å². The number of aromatic nitrogens is 1. The van der Waals surface area contributed by atoms with E-state index in [1.165, 1.54) is 11.1 Å². The molecule has 0 spiro atoms. The van der Waals surface area contributed by atoms with Crippen LogP contribution in [0.15, 0.2) is 18.5 Å². The van der Waals surface area contributed by atoms with Gasteiger partial charge in [0, 0.05) is 18.9 Å². The molecule has 84 valence electrons. The zero-order valence-corrected chi connectivity index (χ0v) is 9.53. The highest BCUT2D eigenvalue weighted by Crippen LogP contribution is 2.00. The van der Waals surface area contributed by atoms with Crippen molar-refractivity contribution in [3.05, 3.63) is 29.6 Å². The van der Waals surface area contributed by atoms with E-state index in [1.54, 1.807) is 0 Å². The Bertz CT molecular complexity index is 287. The number of hydrogen-bond donors (Lipinski definition) is 2. The molecule has 0 aromatic carbocycles. The minimum absolute atomic E-state index is 0.188. The molecule has 1 aromatic rings. The van der Waals surface area contributed by atoms with Crippen LogP contribution < -0.4 is 5.32 Å². The minimum atomic E-state index is -0.188. The van der Waals surface area contributed by atoms with Crippen molar-refractivity contribution < 1.29 is 5.11 Å². The number of pyridine rings is 1. The van der Waals surface area contributed by atoms with Crippen LogP contribution in [0.5, 0.6) is 0 Å². The molecule has 0 aliphatic heterocycles. The van der Waals surface area contributed by atoms with Crippen molar-refractivity contribution in [2.75, 3.05) is 6.54 Å². The molecule has 15 heavy (non-hydrogen) atoms. The van der Waals surface area contributed by atoms with Gasteiger partial charge in [-0.1, -0.05) is 6.07 Å². The Hall–Kier alpha value is -0.930. The van der Waals surface area contributed by atoms with Crippen molar-refractivity contribution in [1.82, 2.24) is 10.3 Å². The minimum Gasteiger partial charge on any atom is -0.393 e. The lowest BCUT2D eigenvalue weighted by Crippen LogP contribution is -2.16. The van der Waals surface area contributed by atoms with Crippen LogP contribution in [0, 0.1) is 6.92 Å². The maximum absolute atomic E-state index is 9.07. The van der Waals surface area contributed by atoms with Crippen LogP contribution in [-0.4, -0.2) is 22.7 Å². The fourth-order valence-corrected chi connectivity index (χ4v) is 1.47. The summed E-state index contributed by atoms with van der Waals surface area (Å²) in [6.45, 7) is 5.67. The lowest BCUT2D eigenvalue weighted by atomic mass is 10.2. The molecule has 1 aromatic heterocycles. The van der Waals surface area contributed by atoms with Gasteiger partial charge in [0.1, 0.15) is 0 Å². The Morgan fingerprint density at radius 3 is 2.93 bits per heavy atom. The first kappa shape index (κ1) is 12.1. The number of hydrogen-bond acceptors (Lipinski definition) is 3. The molecule has 3 nitrogen and oxygen atoms in total. The molecule has 1 atom stereocenters. The molecule has 1 unspecified atom stereocenters. The van der Waals surface area contributed by atoms with Gasteiger partial charge in [0.05, 0.1) is 6.10 Å². The first-order chi connectivity index (χ1) is 7.18. The largest absolute Gasteiger partial charge is 0.393 e. The summed E-state index contributed by atoms with van der Waals surface area (Å²) in [6.07, 6.45) is 5.43. The van der Waals surface area contributed by atoms with E-state index in [2.05, 4.69) is 16.4 Å². The average Bonchev–Trinajstić information content (AvgIpc) is 2.17. The van der Waals surface area contributed by atoms with E-state index in [4.69, 9.17) is 5.11 Å². The normalized spacial score (nSPS) is 12.7. The van der Waals surface area contributed by atoms with E-state index >= 15 is 0 Å². The Morgan fingerprint density at radius 1 is 1.47 bits per heavy atom. The zero-order valence-electron chi connectivity index (χ0n) is 9.53. The molecule has 0 aliphatic carbocycles. The summed E-state index contributed by atoms with van der Waals surface area (Å²) in [5, 5.41) is 12.4. The molecular formula is C12H20N2O. The fourth-order valence-electron chi connectivity index (χ4n) is 1.47. The predicted molar refractivity (Wildman–Crippen MR) is 61.6 cm³/mol. The lowest BCUT2D eigenvalue weighted by molar-refractivity contribution is 0.181. The number of rotatable bonds is 6. The van der Waals surface area contributed by atoms with E-state index in [-0.39, 0.29) is 6.10 Å². The van der Waals surface area contributed by atoms with E-state index in [0.717, 1.165) is 25.9 Å². The summed E-state index contributed by atoms with van der Waals surface area (Å²) in [7, 11) is 0. The highest BCUT2D eigenvalue weighted by Gasteiger charge is 1.96. The number of nitrogens with zero attached hydrogens (tertiary/aromatic N) is 1. The van der Waals surface area contributed by atoms with Crippen LogP contribution >= 0.6 is 0 Å². The molecule has 0 saturated carbocycles. The molecule has 1 heterocycles. The summed E-state index contributed by atoms with van der Waals surface area (Å²) in [5.74, 6) is 0. The molecular weight excluding hydrogens is 188 g/mol.